The molecule has 1 unspecified atom stereocenters. The highest BCUT2D eigenvalue weighted by molar-refractivity contribution is 14.0. The van der Waals surface area contributed by atoms with Crippen LogP contribution in [0.15, 0.2) is 11.1 Å². The van der Waals surface area contributed by atoms with E-state index in [9.17, 15) is 0 Å². The Morgan fingerprint density at radius 3 is 2.52 bits per heavy atom. The monoisotopic (exact) mass is 490 g/mol. The van der Waals surface area contributed by atoms with Gasteiger partial charge in [0.25, 0.3) is 0 Å². The number of rotatable bonds is 8. The van der Waals surface area contributed by atoms with Crippen molar-refractivity contribution < 1.29 is 0 Å². The molecule has 0 aliphatic heterocycles. The lowest BCUT2D eigenvalue weighted by Crippen LogP contribution is -2.48. The minimum atomic E-state index is 0. The van der Waals surface area contributed by atoms with E-state index in [0.717, 1.165) is 43.6 Å². The highest BCUT2D eigenvalue weighted by atomic mass is 127. The predicted octanol–water partition coefficient (Wildman–Crippen LogP) is 3.18. The molecule has 0 aromatic carbocycles. The van der Waals surface area contributed by atoms with E-state index < -0.39 is 0 Å². The minimum absolute atomic E-state index is 0. The second kappa shape index (κ2) is 12.6. The van der Waals surface area contributed by atoms with Crippen LogP contribution in [0.3, 0.4) is 0 Å². The summed E-state index contributed by atoms with van der Waals surface area (Å²) >= 11 is 0. The second-order valence-electron chi connectivity index (χ2n) is 7.81. The highest BCUT2D eigenvalue weighted by Gasteiger charge is 2.25. The largest absolute Gasteiger partial charge is 0.356 e. The third kappa shape index (κ3) is 7.97. The van der Waals surface area contributed by atoms with Gasteiger partial charge < -0.3 is 15.5 Å². The maximum absolute atomic E-state index is 4.52. The number of likely N-dealkylation sites (N-methyl/N-ethyl adjacent to an activating group) is 1. The van der Waals surface area contributed by atoms with Crippen LogP contribution in [0.2, 0.25) is 0 Å². The Kier molecular flexibility index (Phi) is 11.3. The molecule has 6 nitrogen and oxygen atoms in total. The number of nitrogens with one attached hydrogen (secondary N) is 2. The molecule has 156 valence electrons. The minimum Gasteiger partial charge on any atom is -0.356 e. The van der Waals surface area contributed by atoms with Gasteiger partial charge in [-0.2, -0.15) is 5.10 Å². The molecule has 0 spiro atoms. The molecule has 1 atom stereocenters. The molecule has 2 N–H and O–H groups in total. The standard InChI is InChI=1S/C20H38N6.HI/c1-16-14-17(2)26(24-16)13-9-12-22-20(21-3)23-15-19(25(4)5)18-10-7-6-8-11-18;/h14,18-19H,6-13,15H2,1-5H3,(H2,21,22,23);1H. The molecule has 1 aliphatic carbocycles. The van der Waals surface area contributed by atoms with Crippen LogP contribution in [-0.4, -0.2) is 60.9 Å². The zero-order valence-corrected chi connectivity index (χ0v) is 20.1. The molecule has 0 saturated heterocycles. The number of guanidine groups is 1. The lowest BCUT2D eigenvalue weighted by atomic mass is 9.83. The average molecular weight is 490 g/mol. The van der Waals surface area contributed by atoms with E-state index in [4.69, 9.17) is 0 Å². The van der Waals surface area contributed by atoms with Crippen molar-refractivity contribution in [3.8, 4) is 0 Å². The van der Waals surface area contributed by atoms with E-state index in [2.05, 4.69) is 57.4 Å². The van der Waals surface area contributed by atoms with Gasteiger partial charge in [0.05, 0.1) is 5.69 Å². The SMILES string of the molecule is CN=C(NCCCn1nc(C)cc1C)NCC(C1CCCCC1)N(C)C.I. The molecule has 1 fully saturated rings. The Bertz CT molecular complexity index is 563. The first kappa shape index (κ1) is 24.2. The molecule has 1 heterocycles. The number of aromatic nitrogens is 2. The van der Waals surface area contributed by atoms with E-state index in [1.165, 1.54) is 37.8 Å². The summed E-state index contributed by atoms with van der Waals surface area (Å²) in [7, 11) is 6.25. The van der Waals surface area contributed by atoms with E-state index in [1.54, 1.807) is 0 Å². The maximum Gasteiger partial charge on any atom is 0.191 e. The fourth-order valence-electron chi connectivity index (χ4n) is 4.05. The Labute approximate surface area is 182 Å². The number of nitrogens with zero attached hydrogens (tertiary/aromatic N) is 4. The summed E-state index contributed by atoms with van der Waals surface area (Å²) in [6.07, 6.45) is 7.92. The van der Waals surface area contributed by atoms with Gasteiger partial charge in [-0.15, -0.1) is 24.0 Å². The molecule has 2 rings (SSSR count). The average Bonchev–Trinajstić information content (AvgIpc) is 2.95. The van der Waals surface area contributed by atoms with Crippen LogP contribution in [0, 0.1) is 19.8 Å². The van der Waals surface area contributed by atoms with E-state index in [-0.39, 0.29) is 24.0 Å². The van der Waals surface area contributed by atoms with Crippen molar-refractivity contribution in [2.45, 2.75) is 65.0 Å². The molecule has 7 heteroatoms. The molecular formula is C20H39IN6. The summed E-state index contributed by atoms with van der Waals surface area (Å²) in [5.41, 5.74) is 2.32. The Balaban J connectivity index is 0.00000364. The highest BCUT2D eigenvalue weighted by Crippen LogP contribution is 2.27. The van der Waals surface area contributed by atoms with Crippen molar-refractivity contribution in [2.24, 2.45) is 10.9 Å². The van der Waals surface area contributed by atoms with Gasteiger partial charge in [-0.3, -0.25) is 9.67 Å². The topological polar surface area (TPSA) is 57.5 Å². The fraction of sp³-hybridized carbons (Fsp3) is 0.800. The normalized spacial score (nSPS) is 16.9. The Hall–Kier alpha value is -0.830. The summed E-state index contributed by atoms with van der Waals surface area (Å²) in [4.78, 5) is 6.76. The van der Waals surface area contributed by atoms with Crippen molar-refractivity contribution in [2.75, 3.05) is 34.2 Å². The van der Waals surface area contributed by atoms with Crippen LogP contribution >= 0.6 is 24.0 Å². The lowest BCUT2D eigenvalue weighted by molar-refractivity contribution is 0.171. The zero-order valence-electron chi connectivity index (χ0n) is 17.8. The van der Waals surface area contributed by atoms with Crippen molar-refractivity contribution in [1.82, 2.24) is 25.3 Å². The number of halogens is 1. The van der Waals surface area contributed by atoms with Gasteiger partial charge >= 0.3 is 0 Å². The Morgan fingerprint density at radius 1 is 1.26 bits per heavy atom. The van der Waals surface area contributed by atoms with Crippen molar-refractivity contribution in [3.05, 3.63) is 17.5 Å². The van der Waals surface area contributed by atoms with E-state index >= 15 is 0 Å². The number of hydrogen-bond acceptors (Lipinski definition) is 3. The van der Waals surface area contributed by atoms with Crippen molar-refractivity contribution in [1.29, 1.82) is 0 Å². The third-order valence-electron chi connectivity index (χ3n) is 5.50. The van der Waals surface area contributed by atoms with Crippen LogP contribution in [0.5, 0.6) is 0 Å². The first-order valence-electron chi connectivity index (χ1n) is 10.1. The quantitative estimate of drug-likeness (QED) is 0.255. The molecular weight excluding hydrogens is 451 g/mol. The van der Waals surface area contributed by atoms with E-state index in [0.29, 0.717) is 6.04 Å². The van der Waals surface area contributed by atoms with Gasteiger partial charge in [-0.05, 0) is 59.2 Å². The van der Waals surface area contributed by atoms with Gasteiger partial charge in [-0.1, -0.05) is 19.3 Å². The third-order valence-corrected chi connectivity index (χ3v) is 5.50. The van der Waals surface area contributed by atoms with Gasteiger partial charge in [-0.25, -0.2) is 0 Å². The first-order valence-corrected chi connectivity index (χ1v) is 10.1. The smallest absolute Gasteiger partial charge is 0.191 e. The molecule has 0 bridgehead atoms. The molecule has 1 aliphatic rings. The number of aliphatic imine (C=N–C) groups is 1. The van der Waals surface area contributed by atoms with Crippen LogP contribution in [0.1, 0.15) is 49.9 Å². The summed E-state index contributed by atoms with van der Waals surface area (Å²) in [6, 6.07) is 2.70. The Morgan fingerprint density at radius 2 is 1.96 bits per heavy atom. The van der Waals surface area contributed by atoms with Gasteiger partial charge in [0.2, 0.25) is 0 Å². The molecule has 0 radical (unpaired) electrons. The number of aryl methyl sites for hydroxylation is 3. The predicted molar refractivity (Wildman–Crippen MR) is 125 cm³/mol. The second-order valence-corrected chi connectivity index (χ2v) is 7.81. The molecule has 1 saturated carbocycles. The molecule has 1 aromatic heterocycles. The summed E-state index contributed by atoms with van der Waals surface area (Å²) in [6.45, 7) is 6.94. The summed E-state index contributed by atoms with van der Waals surface area (Å²) in [5, 5.41) is 11.5. The molecule has 0 amide bonds. The fourth-order valence-corrected chi connectivity index (χ4v) is 4.05. The lowest BCUT2D eigenvalue weighted by Gasteiger charge is -2.35. The van der Waals surface area contributed by atoms with Crippen LogP contribution in [0.25, 0.3) is 0 Å². The van der Waals surface area contributed by atoms with Crippen LogP contribution in [-0.2, 0) is 6.54 Å². The maximum atomic E-state index is 4.52. The van der Waals surface area contributed by atoms with Crippen molar-refractivity contribution in [3.63, 3.8) is 0 Å². The summed E-state index contributed by atoms with van der Waals surface area (Å²) < 4.78 is 2.08. The molecule has 1 aromatic rings. The molecule has 27 heavy (non-hydrogen) atoms. The van der Waals surface area contributed by atoms with Gasteiger partial charge in [0.1, 0.15) is 0 Å². The van der Waals surface area contributed by atoms with Crippen molar-refractivity contribution >= 4 is 29.9 Å². The number of hydrogen-bond donors (Lipinski definition) is 2. The van der Waals surface area contributed by atoms with E-state index in [1.807, 2.05) is 14.0 Å². The van der Waals surface area contributed by atoms with Crippen LogP contribution < -0.4 is 10.6 Å². The van der Waals surface area contributed by atoms with Gasteiger partial charge in [0, 0.05) is 38.4 Å². The zero-order chi connectivity index (χ0) is 18.9. The van der Waals surface area contributed by atoms with Crippen LogP contribution in [0.4, 0.5) is 0 Å². The first-order chi connectivity index (χ1) is 12.5. The summed E-state index contributed by atoms with van der Waals surface area (Å²) in [5.74, 6) is 1.71. The van der Waals surface area contributed by atoms with Gasteiger partial charge in [0.15, 0.2) is 5.96 Å².